The lowest BCUT2D eigenvalue weighted by Gasteiger charge is -2.44. The third kappa shape index (κ3) is 3.73. The minimum Gasteiger partial charge on any atom is -0.484 e. The van der Waals surface area contributed by atoms with Crippen molar-refractivity contribution in [1.29, 1.82) is 0 Å². The maximum atomic E-state index is 12.8. The van der Waals surface area contributed by atoms with Gasteiger partial charge in [0.2, 0.25) is 0 Å². The fraction of sp³-hybridized carbons (Fsp3) is 0.545. The van der Waals surface area contributed by atoms with E-state index in [0.29, 0.717) is 23.3 Å². The smallest absolute Gasteiger partial charge is 0.336 e. The zero-order valence-electron chi connectivity index (χ0n) is 15.9. The number of likely N-dealkylation sites (tertiary alicyclic amines) is 1. The summed E-state index contributed by atoms with van der Waals surface area (Å²) in [5.74, 6) is 1.29. The Morgan fingerprint density at radius 2 is 2.00 bits per heavy atom. The molecule has 4 rings (SSSR count). The third-order valence-corrected chi connectivity index (χ3v) is 6.11. The molecule has 2 heterocycles. The summed E-state index contributed by atoms with van der Waals surface area (Å²) >= 11 is 0. The van der Waals surface area contributed by atoms with Gasteiger partial charge in [-0.2, -0.15) is 0 Å². The molecule has 2 atom stereocenters. The summed E-state index contributed by atoms with van der Waals surface area (Å²) in [6.45, 7) is 2.89. The van der Waals surface area contributed by atoms with Crippen molar-refractivity contribution in [1.82, 2.24) is 4.90 Å². The standard InChI is InChI=1S/C22H27NO4/c1-2-15-12-22(25)27-20-13-17(9-10-18(15)20)26-14-21(24)23-11-5-7-16-6-3-4-8-19(16)23/h9-10,12-13,16,19H,2-8,11,14H2,1H3. The highest BCUT2D eigenvalue weighted by Gasteiger charge is 2.35. The number of hydrogen-bond acceptors (Lipinski definition) is 4. The summed E-state index contributed by atoms with van der Waals surface area (Å²) in [4.78, 5) is 26.5. The first kappa shape index (κ1) is 18.1. The van der Waals surface area contributed by atoms with E-state index in [0.717, 1.165) is 36.8 Å². The summed E-state index contributed by atoms with van der Waals surface area (Å²) in [7, 11) is 0. The van der Waals surface area contributed by atoms with Crippen molar-refractivity contribution in [3.05, 3.63) is 40.2 Å². The van der Waals surface area contributed by atoms with E-state index in [1.54, 1.807) is 6.07 Å². The second-order valence-corrected chi connectivity index (χ2v) is 7.73. The fourth-order valence-electron chi connectivity index (χ4n) is 4.75. The van der Waals surface area contributed by atoms with E-state index in [2.05, 4.69) is 0 Å². The molecule has 5 nitrogen and oxygen atoms in total. The third-order valence-electron chi connectivity index (χ3n) is 6.11. The maximum absolute atomic E-state index is 12.8. The molecule has 1 aliphatic heterocycles. The molecule has 1 aliphatic carbocycles. The lowest BCUT2D eigenvalue weighted by molar-refractivity contribution is -0.139. The van der Waals surface area contributed by atoms with Crippen LogP contribution in [0.5, 0.6) is 5.75 Å². The zero-order valence-corrected chi connectivity index (χ0v) is 15.9. The van der Waals surface area contributed by atoms with Gasteiger partial charge in [-0.3, -0.25) is 4.79 Å². The number of fused-ring (bicyclic) bond motifs is 2. The monoisotopic (exact) mass is 369 g/mol. The van der Waals surface area contributed by atoms with Crippen molar-refractivity contribution < 1.29 is 13.9 Å². The van der Waals surface area contributed by atoms with Crippen LogP contribution in [0.15, 0.2) is 33.5 Å². The first-order valence-corrected chi connectivity index (χ1v) is 10.1. The molecule has 27 heavy (non-hydrogen) atoms. The van der Waals surface area contributed by atoms with Crippen molar-refractivity contribution in [2.45, 2.75) is 57.9 Å². The Morgan fingerprint density at radius 1 is 1.19 bits per heavy atom. The van der Waals surface area contributed by atoms with Crippen LogP contribution in [0.3, 0.4) is 0 Å². The van der Waals surface area contributed by atoms with E-state index in [4.69, 9.17) is 9.15 Å². The van der Waals surface area contributed by atoms with Crippen LogP contribution in [-0.2, 0) is 11.2 Å². The minimum absolute atomic E-state index is 0.0342. The maximum Gasteiger partial charge on any atom is 0.336 e. The number of benzene rings is 1. The van der Waals surface area contributed by atoms with Crippen molar-refractivity contribution >= 4 is 16.9 Å². The van der Waals surface area contributed by atoms with Gasteiger partial charge in [0.15, 0.2) is 6.61 Å². The van der Waals surface area contributed by atoms with Gasteiger partial charge in [0.05, 0.1) is 0 Å². The molecule has 0 N–H and O–H groups in total. The van der Waals surface area contributed by atoms with Crippen LogP contribution in [0.4, 0.5) is 0 Å². The van der Waals surface area contributed by atoms with Crippen molar-refractivity contribution in [2.24, 2.45) is 5.92 Å². The Hall–Kier alpha value is -2.30. The Bertz CT molecular complexity index is 886. The van der Waals surface area contributed by atoms with E-state index in [1.807, 2.05) is 24.0 Å². The molecule has 1 saturated heterocycles. The molecule has 2 aliphatic rings. The van der Waals surface area contributed by atoms with E-state index in [1.165, 1.54) is 31.7 Å². The summed E-state index contributed by atoms with van der Waals surface area (Å²) in [5, 5.41) is 0.914. The molecule has 0 bridgehead atoms. The van der Waals surface area contributed by atoms with Crippen LogP contribution in [0, 0.1) is 5.92 Å². The predicted molar refractivity (Wildman–Crippen MR) is 104 cm³/mol. The molecule has 144 valence electrons. The van der Waals surface area contributed by atoms with Crippen LogP contribution in [0.25, 0.3) is 11.0 Å². The molecule has 1 aromatic heterocycles. The molecule has 0 spiro atoms. The van der Waals surface area contributed by atoms with Crippen LogP contribution in [-0.4, -0.2) is 30.0 Å². The molecule has 2 fully saturated rings. The largest absolute Gasteiger partial charge is 0.484 e. The van der Waals surface area contributed by atoms with Crippen LogP contribution in [0.2, 0.25) is 0 Å². The van der Waals surface area contributed by atoms with E-state index in [-0.39, 0.29) is 18.1 Å². The Labute approximate surface area is 159 Å². The topological polar surface area (TPSA) is 59.8 Å². The van der Waals surface area contributed by atoms with Gasteiger partial charge < -0.3 is 14.1 Å². The van der Waals surface area contributed by atoms with Crippen molar-refractivity contribution in [3.63, 3.8) is 0 Å². The quantitative estimate of drug-likeness (QED) is 0.767. The predicted octanol–water partition coefficient (Wildman–Crippen LogP) is 3.92. The van der Waals surface area contributed by atoms with Crippen LogP contribution in [0.1, 0.15) is 51.0 Å². The lowest BCUT2D eigenvalue weighted by atomic mass is 9.78. The molecule has 0 radical (unpaired) electrons. The average molecular weight is 369 g/mol. The fourth-order valence-corrected chi connectivity index (χ4v) is 4.75. The van der Waals surface area contributed by atoms with Crippen molar-refractivity contribution in [2.75, 3.05) is 13.2 Å². The highest BCUT2D eigenvalue weighted by Crippen LogP contribution is 2.35. The summed E-state index contributed by atoms with van der Waals surface area (Å²) in [6.07, 6.45) is 7.98. The number of amides is 1. The van der Waals surface area contributed by atoms with Gasteiger partial charge in [-0.05, 0) is 55.7 Å². The number of piperidine rings is 1. The van der Waals surface area contributed by atoms with Gasteiger partial charge in [0.25, 0.3) is 5.91 Å². The van der Waals surface area contributed by atoms with Gasteiger partial charge in [-0.15, -0.1) is 0 Å². The SMILES string of the molecule is CCc1cc(=O)oc2cc(OCC(=O)N3CCCC4CCCCC43)ccc12. The summed E-state index contributed by atoms with van der Waals surface area (Å²) in [5.41, 5.74) is 1.11. The van der Waals surface area contributed by atoms with Crippen molar-refractivity contribution in [3.8, 4) is 5.75 Å². The van der Waals surface area contributed by atoms with Crippen LogP contribution >= 0.6 is 0 Å². The highest BCUT2D eigenvalue weighted by molar-refractivity contribution is 5.82. The first-order chi connectivity index (χ1) is 13.2. The number of carbonyl (C=O) groups is 1. The van der Waals surface area contributed by atoms with E-state index >= 15 is 0 Å². The first-order valence-electron chi connectivity index (χ1n) is 10.1. The molecule has 1 aromatic carbocycles. The van der Waals surface area contributed by atoms with Gasteiger partial charge in [-0.1, -0.05) is 19.8 Å². The summed E-state index contributed by atoms with van der Waals surface area (Å²) < 4.78 is 11.1. The van der Waals surface area contributed by atoms with Gasteiger partial charge >= 0.3 is 5.63 Å². The number of carbonyl (C=O) groups excluding carboxylic acids is 1. The number of ether oxygens (including phenoxy) is 1. The lowest BCUT2D eigenvalue weighted by Crippen LogP contribution is -2.51. The van der Waals surface area contributed by atoms with E-state index < -0.39 is 0 Å². The number of rotatable bonds is 4. The van der Waals surface area contributed by atoms with Gasteiger partial charge in [0.1, 0.15) is 11.3 Å². The highest BCUT2D eigenvalue weighted by atomic mass is 16.5. The van der Waals surface area contributed by atoms with E-state index in [9.17, 15) is 9.59 Å². The number of nitrogens with zero attached hydrogens (tertiary/aromatic N) is 1. The number of hydrogen-bond donors (Lipinski definition) is 0. The Balaban J connectivity index is 1.46. The molecular weight excluding hydrogens is 342 g/mol. The molecule has 1 amide bonds. The minimum atomic E-state index is -0.357. The summed E-state index contributed by atoms with van der Waals surface area (Å²) in [6, 6.07) is 7.38. The number of aryl methyl sites for hydroxylation is 1. The average Bonchev–Trinajstić information content (AvgIpc) is 2.70. The second kappa shape index (κ2) is 7.75. The Morgan fingerprint density at radius 3 is 2.85 bits per heavy atom. The second-order valence-electron chi connectivity index (χ2n) is 7.73. The molecule has 2 unspecified atom stereocenters. The molecule has 2 aromatic rings. The Kier molecular flexibility index (Phi) is 5.19. The zero-order chi connectivity index (χ0) is 18.8. The van der Waals surface area contributed by atoms with Gasteiger partial charge in [-0.25, -0.2) is 4.79 Å². The molecule has 5 heteroatoms. The van der Waals surface area contributed by atoms with Crippen LogP contribution < -0.4 is 10.4 Å². The van der Waals surface area contributed by atoms with Gasteiger partial charge in [0, 0.05) is 30.1 Å². The molecule has 1 saturated carbocycles. The molecular formula is C22H27NO4. The normalized spacial score (nSPS) is 22.5.